The maximum Gasteiger partial charge on any atom is 0.258 e. The molecular formula is C20H20N2O2. The van der Waals surface area contributed by atoms with Crippen molar-refractivity contribution in [3.63, 3.8) is 0 Å². The molecule has 0 aromatic heterocycles. The summed E-state index contributed by atoms with van der Waals surface area (Å²) in [6.07, 6.45) is 3.22. The third-order valence-corrected chi connectivity index (χ3v) is 4.38. The number of carbonyl (C=O) groups excluding carboxylic acids is 1. The molecule has 2 aromatic rings. The first-order valence-electron chi connectivity index (χ1n) is 8.18. The van der Waals surface area contributed by atoms with Gasteiger partial charge >= 0.3 is 0 Å². The van der Waals surface area contributed by atoms with Crippen LogP contribution >= 0.6 is 0 Å². The highest BCUT2D eigenvalue weighted by molar-refractivity contribution is 6.06. The smallest absolute Gasteiger partial charge is 0.258 e. The van der Waals surface area contributed by atoms with Crippen molar-refractivity contribution < 1.29 is 9.53 Å². The number of carbonyl (C=O) groups is 1. The van der Waals surface area contributed by atoms with Crippen molar-refractivity contribution in [2.75, 3.05) is 18.6 Å². The molecule has 1 amide bonds. The van der Waals surface area contributed by atoms with Gasteiger partial charge in [-0.3, -0.25) is 4.79 Å². The van der Waals surface area contributed by atoms with E-state index in [1.165, 1.54) is 0 Å². The predicted molar refractivity (Wildman–Crippen MR) is 93.4 cm³/mol. The number of methoxy groups -OCH3 is 1. The fraction of sp³-hybridized carbons (Fsp3) is 0.300. The van der Waals surface area contributed by atoms with Gasteiger partial charge in [0.15, 0.2) is 0 Å². The van der Waals surface area contributed by atoms with Crippen LogP contribution in [0.1, 0.15) is 34.3 Å². The van der Waals surface area contributed by atoms with Gasteiger partial charge in [0.05, 0.1) is 25.3 Å². The Labute approximate surface area is 142 Å². The summed E-state index contributed by atoms with van der Waals surface area (Å²) >= 11 is 0. The molecule has 0 saturated carbocycles. The van der Waals surface area contributed by atoms with Crippen molar-refractivity contribution in [1.82, 2.24) is 0 Å². The van der Waals surface area contributed by atoms with Crippen LogP contribution in [0.4, 0.5) is 5.69 Å². The molecule has 0 saturated heterocycles. The largest absolute Gasteiger partial charge is 0.496 e. The molecule has 0 aliphatic carbocycles. The lowest BCUT2D eigenvalue weighted by atomic mass is 10.1. The lowest BCUT2D eigenvalue weighted by Crippen LogP contribution is -2.31. The van der Waals surface area contributed by atoms with Crippen LogP contribution in [-0.2, 0) is 12.8 Å². The molecule has 3 rings (SSSR count). The van der Waals surface area contributed by atoms with Crippen LogP contribution in [0.15, 0.2) is 42.5 Å². The van der Waals surface area contributed by atoms with E-state index in [2.05, 4.69) is 6.07 Å². The summed E-state index contributed by atoms with van der Waals surface area (Å²) in [5.74, 6) is 0.816. The van der Waals surface area contributed by atoms with E-state index in [0.29, 0.717) is 18.5 Å². The van der Waals surface area contributed by atoms with Crippen molar-refractivity contribution in [3.8, 4) is 11.8 Å². The second kappa shape index (κ2) is 7.18. The lowest BCUT2D eigenvalue weighted by molar-refractivity contribution is 0.0987. The van der Waals surface area contributed by atoms with Gasteiger partial charge in [-0.25, -0.2) is 0 Å². The number of hydrogen-bond acceptors (Lipinski definition) is 3. The van der Waals surface area contributed by atoms with E-state index in [1.807, 2.05) is 47.4 Å². The van der Waals surface area contributed by atoms with Gasteiger partial charge in [0, 0.05) is 17.7 Å². The molecule has 4 heteroatoms. The number of anilines is 1. The maximum atomic E-state index is 13.1. The molecule has 0 atom stereocenters. The molecule has 24 heavy (non-hydrogen) atoms. The van der Waals surface area contributed by atoms with E-state index in [1.54, 1.807) is 7.11 Å². The summed E-state index contributed by atoms with van der Waals surface area (Å²) in [6.45, 7) is 0.696. The van der Waals surface area contributed by atoms with Crippen LogP contribution in [0, 0.1) is 11.3 Å². The van der Waals surface area contributed by atoms with Crippen molar-refractivity contribution in [2.24, 2.45) is 0 Å². The molecule has 0 N–H and O–H groups in total. The average molecular weight is 320 g/mol. The Balaban J connectivity index is 1.99. The molecule has 0 spiro atoms. The minimum absolute atomic E-state index is 0.0220. The summed E-state index contributed by atoms with van der Waals surface area (Å²) in [4.78, 5) is 14.9. The fourth-order valence-corrected chi connectivity index (χ4v) is 3.21. The Bertz CT molecular complexity index is 792. The normalized spacial score (nSPS) is 13.6. The molecular weight excluding hydrogens is 300 g/mol. The average Bonchev–Trinajstić information content (AvgIpc) is 2.84. The Morgan fingerprint density at radius 2 is 2.08 bits per heavy atom. The molecule has 2 aromatic carbocycles. The molecule has 1 heterocycles. The second-order valence-corrected chi connectivity index (χ2v) is 5.91. The SMILES string of the molecule is COc1cccc2c1CCCCN2C(=O)c1cccc(CC#N)c1. The summed E-state index contributed by atoms with van der Waals surface area (Å²) in [5, 5.41) is 8.86. The number of rotatable bonds is 3. The van der Waals surface area contributed by atoms with Crippen LogP contribution in [-0.4, -0.2) is 19.6 Å². The third-order valence-electron chi connectivity index (χ3n) is 4.38. The van der Waals surface area contributed by atoms with Gasteiger partial charge in [-0.05, 0) is 49.1 Å². The zero-order valence-electron chi connectivity index (χ0n) is 13.8. The van der Waals surface area contributed by atoms with Crippen molar-refractivity contribution in [2.45, 2.75) is 25.7 Å². The molecule has 122 valence electrons. The number of amides is 1. The second-order valence-electron chi connectivity index (χ2n) is 5.91. The number of ether oxygens (including phenoxy) is 1. The van der Waals surface area contributed by atoms with E-state index in [9.17, 15) is 4.79 Å². The molecule has 1 aliphatic heterocycles. The Hall–Kier alpha value is -2.80. The predicted octanol–water partition coefficient (Wildman–Crippen LogP) is 3.74. The van der Waals surface area contributed by atoms with Crippen molar-refractivity contribution in [1.29, 1.82) is 5.26 Å². The van der Waals surface area contributed by atoms with Crippen LogP contribution in [0.5, 0.6) is 5.75 Å². The zero-order chi connectivity index (χ0) is 16.9. The van der Waals surface area contributed by atoms with E-state index < -0.39 is 0 Å². The number of nitriles is 1. The summed E-state index contributed by atoms with van der Waals surface area (Å²) < 4.78 is 5.48. The minimum Gasteiger partial charge on any atom is -0.496 e. The number of fused-ring (bicyclic) bond motifs is 1. The molecule has 1 aliphatic rings. The molecule has 0 unspecified atom stereocenters. The van der Waals surface area contributed by atoms with Crippen molar-refractivity contribution >= 4 is 11.6 Å². The highest BCUT2D eigenvalue weighted by Gasteiger charge is 2.24. The van der Waals surface area contributed by atoms with Gasteiger partial charge in [-0.15, -0.1) is 0 Å². The van der Waals surface area contributed by atoms with E-state index >= 15 is 0 Å². The first kappa shape index (κ1) is 16.1. The first-order valence-corrected chi connectivity index (χ1v) is 8.18. The van der Waals surface area contributed by atoms with Crippen molar-refractivity contribution in [3.05, 3.63) is 59.2 Å². The van der Waals surface area contributed by atoms with Gasteiger partial charge < -0.3 is 9.64 Å². The third kappa shape index (κ3) is 3.11. The van der Waals surface area contributed by atoms with Crippen LogP contribution < -0.4 is 9.64 Å². The monoisotopic (exact) mass is 320 g/mol. The van der Waals surface area contributed by atoms with Crippen LogP contribution in [0.2, 0.25) is 0 Å². The summed E-state index contributed by atoms with van der Waals surface area (Å²) in [6, 6.07) is 15.3. The standard InChI is InChI=1S/C20H20N2O2/c1-24-19-10-5-9-18-17(19)8-2-3-13-22(18)20(23)16-7-4-6-15(14-16)11-12-21/h4-7,9-10,14H,2-3,8,11,13H2,1H3. The Morgan fingerprint density at radius 3 is 2.88 bits per heavy atom. The summed E-state index contributed by atoms with van der Waals surface area (Å²) in [5.41, 5.74) is 3.52. The van der Waals surface area contributed by atoms with Crippen LogP contribution in [0.3, 0.4) is 0 Å². The zero-order valence-corrected chi connectivity index (χ0v) is 13.8. The number of hydrogen-bond donors (Lipinski definition) is 0. The fourth-order valence-electron chi connectivity index (χ4n) is 3.21. The highest BCUT2D eigenvalue weighted by Crippen LogP contribution is 2.34. The van der Waals surface area contributed by atoms with Gasteiger partial charge in [0.25, 0.3) is 5.91 Å². The van der Waals surface area contributed by atoms with Gasteiger partial charge in [0.1, 0.15) is 5.75 Å². The maximum absolute atomic E-state index is 13.1. The van der Waals surface area contributed by atoms with E-state index in [0.717, 1.165) is 41.8 Å². The first-order chi connectivity index (χ1) is 11.7. The molecule has 0 radical (unpaired) electrons. The Morgan fingerprint density at radius 1 is 1.25 bits per heavy atom. The van der Waals surface area contributed by atoms with Gasteiger partial charge in [0.2, 0.25) is 0 Å². The molecule has 0 fully saturated rings. The quantitative estimate of drug-likeness (QED) is 0.865. The Kier molecular flexibility index (Phi) is 4.81. The van der Waals surface area contributed by atoms with E-state index in [4.69, 9.17) is 10.00 Å². The topological polar surface area (TPSA) is 53.3 Å². The minimum atomic E-state index is -0.0220. The number of benzene rings is 2. The molecule has 0 bridgehead atoms. The highest BCUT2D eigenvalue weighted by atomic mass is 16.5. The van der Waals surface area contributed by atoms with Gasteiger partial charge in [-0.2, -0.15) is 5.26 Å². The molecule has 4 nitrogen and oxygen atoms in total. The van der Waals surface area contributed by atoms with Gasteiger partial charge in [-0.1, -0.05) is 18.2 Å². The van der Waals surface area contributed by atoms with Crippen LogP contribution in [0.25, 0.3) is 0 Å². The number of nitrogens with zero attached hydrogens (tertiary/aromatic N) is 2. The lowest BCUT2D eigenvalue weighted by Gasteiger charge is -2.24. The van der Waals surface area contributed by atoms with E-state index in [-0.39, 0.29) is 5.91 Å². The summed E-state index contributed by atoms with van der Waals surface area (Å²) in [7, 11) is 1.66.